The number of rotatable bonds is 3. The van der Waals surface area contributed by atoms with Gasteiger partial charge < -0.3 is 10.8 Å². The van der Waals surface area contributed by atoms with Crippen molar-refractivity contribution in [3.63, 3.8) is 0 Å². The lowest BCUT2D eigenvalue weighted by Crippen LogP contribution is -2.16. The van der Waals surface area contributed by atoms with Crippen LogP contribution in [-0.2, 0) is 0 Å². The summed E-state index contributed by atoms with van der Waals surface area (Å²) in [5, 5.41) is 8.45. The van der Waals surface area contributed by atoms with Gasteiger partial charge in [-0.1, -0.05) is 14.4 Å². The smallest absolute Gasteiger partial charge is 0.0471 e. The van der Waals surface area contributed by atoms with Gasteiger partial charge in [-0.2, -0.15) is 0 Å². The summed E-state index contributed by atoms with van der Waals surface area (Å²) < 4.78 is 0. The predicted octanol–water partition coefficient (Wildman–Crippen LogP) is 0.600. The van der Waals surface area contributed by atoms with E-state index in [1.807, 2.05) is 6.92 Å². The van der Waals surface area contributed by atoms with E-state index < -0.39 is 0 Å². The van der Waals surface area contributed by atoms with Crippen molar-refractivity contribution in [3.8, 4) is 0 Å². The quantitative estimate of drug-likeness (QED) is 0.571. The molecule has 0 rings (SSSR count). The molecule has 0 heterocycles. The van der Waals surface area contributed by atoms with Crippen molar-refractivity contribution in [2.75, 3.05) is 13.2 Å². The lowest BCUT2D eigenvalue weighted by Gasteiger charge is -2.04. The first-order chi connectivity index (χ1) is 3.35. The van der Waals surface area contributed by atoms with Crippen LogP contribution in [0.4, 0.5) is 0 Å². The molecule has 0 amide bonds. The molecular weight excluding hydrogens is 102 g/mol. The van der Waals surface area contributed by atoms with Crippen LogP contribution in [0, 0.1) is 5.92 Å². The third kappa shape index (κ3) is 4.09. The second-order valence-corrected chi connectivity index (χ2v) is 1.69. The van der Waals surface area contributed by atoms with E-state index in [-0.39, 0.29) is 14.0 Å². The van der Waals surface area contributed by atoms with Gasteiger partial charge in [-0.05, 0) is 18.9 Å². The topological polar surface area (TPSA) is 46.2 Å². The molecule has 0 aromatic rings. The largest absolute Gasteiger partial charge is 0.396 e. The van der Waals surface area contributed by atoms with Crippen LogP contribution in [0.1, 0.15) is 20.8 Å². The molecule has 0 aromatic heterocycles. The van der Waals surface area contributed by atoms with Crippen LogP contribution in [-0.4, -0.2) is 18.3 Å². The third-order valence-electron chi connectivity index (χ3n) is 1.17. The highest BCUT2D eigenvalue weighted by Crippen LogP contribution is 1.95. The molecule has 2 heteroatoms. The fourth-order valence-corrected chi connectivity index (χ4v) is 0.370. The molecule has 0 saturated carbocycles. The Labute approximate surface area is 51.7 Å². The molecule has 2 nitrogen and oxygen atoms in total. The fourth-order valence-electron chi connectivity index (χ4n) is 0.370. The maximum Gasteiger partial charge on any atom is 0.0471 e. The minimum atomic E-state index is 0. The number of aliphatic hydroxyl groups is 1. The van der Waals surface area contributed by atoms with Crippen LogP contribution < -0.4 is 5.73 Å². The van der Waals surface area contributed by atoms with E-state index in [1.165, 1.54) is 0 Å². The Morgan fingerprint density at radius 3 is 2.12 bits per heavy atom. The molecule has 0 bridgehead atoms. The van der Waals surface area contributed by atoms with Crippen LogP contribution in [0.15, 0.2) is 0 Å². The monoisotopic (exact) mass is 119 g/mol. The summed E-state index contributed by atoms with van der Waals surface area (Å²) in [6.45, 7) is 2.85. The average Bonchev–Trinajstić information content (AvgIpc) is 1.72. The Hall–Kier alpha value is -0.0800. The average molecular weight is 119 g/mol. The first kappa shape index (κ1) is 10.8. The lowest BCUT2D eigenvalue weighted by atomic mass is 10.1. The Balaban J connectivity index is 0. The number of hydrogen-bond acceptors (Lipinski definition) is 2. The molecule has 1 atom stereocenters. The minimum absolute atomic E-state index is 0. The molecule has 0 spiro atoms. The maximum absolute atomic E-state index is 8.45. The number of hydrogen-bond donors (Lipinski definition) is 2. The standard InChI is InChI=1S/C5H13NO.CH4/c1-2-5(3-6)4-7;/h5,7H,2-4,6H2,1H3;1H4. The Bertz CT molecular complexity index is 30.0. The maximum atomic E-state index is 8.45. The third-order valence-corrected chi connectivity index (χ3v) is 1.17. The van der Waals surface area contributed by atoms with Gasteiger partial charge in [-0.25, -0.2) is 0 Å². The van der Waals surface area contributed by atoms with Crippen molar-refractivity contribution in [2.45, 2.75) is 20.8 Å². The van der Waals surface area contributed by atoms with Gasteiger partial charge in [-0.3, -0.25) is 0 Å². The van der Waals surface area contributed by atoms with Crippen LogP contribution in [0.25, 0.3) is 0 Å². The summed E-state index contributed by atoms with van der Waals surface area (Å²) in [7, 11) is 0. The molecule has 8 heavy (non-hydrogen) atoms. The van der Waals surface area contributed by atoms with Crippen LogP contribution in [0.5, 0.6) is 0 Å². The molecule has 0 fully saturated rings. The van der Waals surface area contributed by atoms with Crippen LogP contribution in [0.2, 0.25) is 0 Å². The molecule has 0 aliphatic heterocycles. The minimum Gasteiger partial charge on any atom is -0.396 e. The van der Waals surface area contributed by atoms with Gasteiger partial charge in [0.25, 0.3) is 0 Å². The van der Waals surface area contributed by atoms with Crippen molar-refractivity contribution >= 4 is 0 Å². The SMILES string of the molecule is C.CCC(CN)CO. The van der Waals surface area contributed by atoms with Gasteiger partial charge in [0.15, 0.2) is 0 Å². The Morgan fingerprint density at radius 2 is 2.12 bits per heavy atom. The van der Waals surface area contributed by atoms with E-state index in [4.69, 9.17) is 10.8 Å². The van der Waals surface area contributed by atoms with Crippen LogP contribution >= 0.6 is 0 Å². The van der Waals surface area contributed by atoms with Gasteiger partial charge in [-0.15, -0.1) is 0 Å². The summed E-state index contributed by atoms with van der Waals surface area (Å²) in [6, 6.07) is 0. The summed E-state index contributed by atoms with van der Waals surface area (Å²) in [5.41, 5.74) is 5.23. The van der Waals surface area contributed by atoms with Gasteiger partial charge in [0.2, 0.25) is 0 Å². The summed E-state index contributed by atoms with van der Waals surface area (Å²) >= 11 is 0. The highest BCUT2D eigenvalue weighted by Gasteiger charge is 1.97. The molecule has 0 aromatic carbocycles. The Morgan fingerprint density at radius 1 is 1.62 bits per heavy atom. The van der Waals surface area contributed by atoms with Gasteiger partial charge in [0.05, 0.1) is 0 Å². The van der Waals surface area contributed by atoms with Gasteiger partial charge in [0.1, 0.15) is 0 Å². The predicted molar refractivity (Wildman–Crippen MR) is 36.7 cm³/mol. The first-order valence-corrected chi connectivity index (χ1v) is 2.66. The van der Waals surface area contributed by atoms with Crippen molar-refractivity contribution in [2.24, 2.45) is 11.7 Å². The molecular formula is C6H17NO. The molecule has 0 aliphatic rings. The first-order valence-electron chi connectivity index (χ1n) is 2.66. The van der Waals surface area contributed by atoms with E-state index in [2.05, 4.69) is 0 Å². The van der Waals surface area contributed by atoms with E-state index in [1.54, 1.807) is 0 Å². The number of aliphatic hydroxyl groups excluding tert-OH is 1. The molecule has 0 radical (unpaired) electrons. The lowest BCUT2D eigenvalue weighted by molar-refractivity contribution is 0.227. The summed E-state index contributed by atoms with van der Waals surface area (Å²) in [4.78, 5) is 0. The molecule has 0 aliphatic carbocycles. The van der Waals surface area contributed by atoms with Crippen molar-refractivity contribution in [1.29, 1.82) is 0 Å². The van der Waals surface area contributed by atoms with E-state index in [0.717, 1.165) is 6.42 Å². The van der Waals surface area contributed by atoms with Gasteiger partial charge >= 0.3 is 0 Å². The fraction of sp³-hybridized carbons (Fsp3) is 1.00. The molecule has 1 unspecified atom stereocenters. The highest BCUT2D eigenvalue weighted by atomic mass is 16.3. The number of nitrogens with two attached hydrogens (primary N) is 1. The van der Waals surface area contributed by atoms with E-state index in [9.17, 15) is 0 Å². The van der Waals surface area contributed by atoms with E-state index >= 15 is 0 Å². The zero-order valence-electron chi connectivity index (χ0n) is 4.72. The van der Waals surface area contributed by atoms with Crippen molar-refractivity contribution in [3.05, 3.63) is 0 Å². The Kier molecular flexibility index (Phi) is 9.36. The zero-order chi connectivity index (χ0) is 5.70. The molecule has 3 N–H and O–H groups in total. The highest BCUT2D eigenvalue weighted by molar-refractivity contribution is 4.52. The molecule has 0 saturated heterocycles. The van der Waals surface area contributed by atoms with Crippen molar-refractivity contribution < 1.29 is 5.11 Å². The summed E-state index contributed by atoms with van der Waals surface area (Å²) in [5.74, 6) is 0.319. The van der Waals surface area contributed by atoms with E-state index in [0.29, 0.717) is 12.5 Å². The normalized spacial score (nSPS) is 12.4. The van der Waals surface area contributed by atoms with Crippen LogP contribution in [0.3, 0.4) is 0 Å². The molecule has 52 valence electrons. The second-order valence-electron chi connectivity index (χ2n) is 1.69. The summed E-state index contributed by atoms with van der Waals surface area (Å²) in [6.07, 6.45) is 0.979. The van der Waals surface area contributed by atoms with Gasteiger partial charge in [0, 0.05) is 6.61 Å². The zero-order valence-corrected chi connectivity index (χ0v) is 4.72. The second kappa shape index (κ2) is 6.92. The van der Waals surface area contributed by atoms with Crippen molar-refractivity contribution in [1.82, 2.24) is 0 Å².